The number of hydrogen-bond acceptors (Lipinski definition) is 7. The molecule has 0 bridgehead atoms. The van der Waals surface area contributed by atoms with E-state index in [1.165, 1.54) is 11.3 Å². The van der Waals surface area contributed by atoms with Crippen LogP contribution in [0.25, 0.3) is 55.0 Å². The number of nitrogens with one attached hydrogen (secondary N) is 3. The van der Waals surface area contributed by atoms with Crippen molar-refractivity contribution < 1.29 is 9.59 Å². The van der Waals surface area contributed by atoms with E-state index in [2.05, 4.69) is 35.5 Å². The summed E-state index contributed by atoms with van der Waals surface area (Å²) in [5.41, 5.74) is 6.26. The van der Waals surface area contributed by atoms with Crippen LogP contribution in [-0.2, 0) is 4.79 Å². The number of rotatable bonds is 7. The van der Waals surface area contributed by atoms with Gasteiger partial charge in [-0.15, -0.1) is 11.3 Å². The molecule has 0 saturated carbocycles. The molecule has 0 saturated heterocycles. The number of carbonyl (C=O) groups is 2. The summed E-state index contributed by atoms with van der Waals surface area (Å²) in [6.45, 7) is 3.53. The second kappa shape index (κ2) is 9.64. The van der Waals surface area contributed by atoms with Crippen molar-refractivity contribution >= 4 is 50.5 Å². The first kappa shape index (κ1) is 23.7. The Morgan fingerprint density at radius 1 is 0.974 bits per heavy atom. The number of anilines is 1. The highest BCUT2D eigenvalue weighted by atomic mass is 32.1. The van der Waals surface area contributed by atoms with Gasteiger partial charge in [-0.05, 0) is 49.7 Å². The first-order valence-corrected chi connectivity index (χ1v) is 13.0. The van der Waals surface area contributed by atoms with E-state index in [1.807, 2.05) is 43.3 Å². The van der Waals surface area contributed by atoms with E-state index in [9.17, 15) is 9.59 Å². The molecule has 38 heavy (non-hydrogen) atoms. The molecular formula is C28H23N7O2S. The summed E-state index contributed by atoms with van der Waals surface area (Å²) in [4.78, 5) is 42.4. The van der Waals surface area contributed by atoms with Crippen LogP contribution < -0.4 is 5.32 Å². The Bertz CT molecular complexity index is 1830. The number of nitrogens with zero attached hydrogens (tertiary/aromatic N) is 4. The van der Waals surface area contributed by atoms with Crippen molar-refractivity contribution in [1.29, 1.82) is 0 Å². The zero-order chi connectivity index (χ0) is 26.2. The van der Waals surface area contributed by atoms with Crippen LogP contribution in [0.4, 0.5) is 5.69 Å². The molecule has 3 N–H and O–H groups in total. The first-order chi connectivity index (χ1) is 18.5. The fourth-order valence-corrected chi connectivity index (χ4v) is 5.32. The van der Waals surface area contributed by atoms with Crippen LogP contribution >= 0.6 is 11.3 Å². The van der Waals surface area contributed by atoms with Gasteiger partial charge in [0.25, 0.3) is 0 Å². The van der Waals surface area contributed by atoms with Gasteiger partial charge in [0.2, 0.25) is 5.91 Å². The van der Waals surface area contributed by atoms with E-state index < -0.39 is 0 Å². The molecule has 6 aromatic heterocycles. The predicted molar refractivity (Wildman–Crippen MR) is 149 cm³/mol. The van der Waals surface area contributed by atoms with Crippen LogP contribution in [0, 0.1) is 0 Å². The summed E-state index contributed by atoms with van der Waals surface area (Å²) in [6.07, 6.45) is 8.09. The van der Waals surface area contributed by atoms with Crippen molar-refractivity contribution in [2.24, 2.45) is 0 Å². The van der Waals surface area contributed by atoms with Gasteiger partial charge in [0.15, 0.2) is 5.78 Å². The number of pyridine rings is 3. The van der Waals surface area contributed by atoms with Crippen LogP contribution in [0.5, 0.6) is 0 Å². The summed E-state index contributed by atoms with van der Waals surface area (Å²) in [6, 6.07) is 11.6. The Morgan fingerprint density at radius 3 is 2.66 bits per heavy atom. The molecule has 6 rings (SSSR count). The molecule has 0 spiro atoms. The normalized spacial score (nSPS) is 11.3. The summed E-state index contributed by atoms with van der Waals surface area (Å²) in [7, 11) is 0. The number of aromatic amines is 2. The van der Waals surface area contributed by atoms with Gasteiger partial charge < -0.3 is 10.3 Å². The van der Waals surface area contributed by atoms with Crippen LogP contribution in [0.1, 0.15) is 36.4 Å². The summed E-state index contributed by atoms with van der Waals surface area (Å²) in [5.74, 6) is -0.000571. The maximum Gasteiger partial charge on any atom is 0.224 e. The Morgan fingerprint density at radius 2 is 1.84 bits per heavy atom. The molecule has 6 aromatic rings. The minimum Gasteiger partial charge on any atom is -0.353 e. The molecule has 6 heterocycles. The van der Waals surface area contributed by atoms with Gasteiger partial charge in [0, 0.05) is 40.7 Å². The quantitative estimate of drug-likeness (QED) is 0.214. The summed E-state index contributed by atoms with van der Waals surface area (Å²) in [5, 5.41) is 12.4. The van der Waals surface area contributed by atoms with E-state index >= 15 is 0 Å². The predicted octanol–water partition coefficient (Wildman–Crippen LogP) is 6.23. The molecule has 0 atom stereocenters. The van der Waals surface area contributed by atoms with Gasteiger partial charge >= 0.3 is 0 Å². The lowest BCUT2D eigenvalue weighted by Crippen LogP contribution is -2.10. The van der Waals surface area contributed by atoms with Gasteiger partial charge in [-0.3, -0.25) is 29.6 Å². The lowest BCUT2D eigenvalue weighted by molar-refractivity contribution is -0.116. The SMILES string of the molecule is CCCC(=O)Nc1cncc(-c2cc3c(-c4cc5c(-c6ccc(C(C)=O)s6)nccc5[nH]4)n[nH]c3cn2)c1. The van der Waals surface area contributed by atoms with Crippen molar-refractivity contribution in [3.63, 3.8) is 0 Å². The van der Waals surface area contributed by atoms with E-state index in [0.29, 0.717) is 22.7 Å². The standard InChI is InChI=1S/C28H23N7O2S/c1-3-4-26(37)32-17-9-16(12-29-13-17)21-10-19-23(14-31-21)34-35-27(19)22-11-18-20(33-22)7-8-30-28(18)25-6-5-24(38-25)15(2)36/h5-14,33H,3-4H2,1-2H3,(H,32,37)(H,34,35). The van der Waals surface area contributed by atoms with Gasteiger partial charge in [-0.2, -0.15) is 5.10 Å². The molecule has 1 amide bonds. The zero-order valence-corrected chi connectivity index (χ0v) is 21.5. The van der Waals surface area contributed by atoms with Crippen LogP contribution in [0.15, 0.2) is 61.2 Å². The van der Waals surface area contributed by atoms with Crippen LogP contribution in [-0.4, -0.2) is 41.8 Å². The minimum atomic E-state index is -0.0419. The average Bonchev–Trinajstić information content (AvgIpc) is 3.66. The lowest BCUT2D eigenvalue weighted by atomic mass is 10.1. The Balaban J connectivity index is 1.39. The second-order valence-corrected chi connectivity index (χ2v) is 10.1. The number of thiophene rings is 1. The summed E-state index contributed by atoms with van der Waals surface area (Å²) < 4.78 is 0. The largest absolute Gasteiger partial charge is 0.353 e. The average molecular weight is 522 g/mol. The summed E-state index contributed by atoms with van der Waals surface area (Å²) >= 11 is 1.44. The highest BCUT2D eigenvalue weighted by molar-refractivity contribution is 7.17. The van der Waals surface area contributed by atoms with Crippen LogP contribution in [0.2, 0.25) is 0 Å². The lowest BCUT2D eigenvalue weighted by Gasteiger charge is -2.06. The molecule has 0 unspecified atom stereocenters. The molecule has 0 aliphatic heterocycles. The number of ketones is 1. The third-order valence-corrected chi connectivity index (χ3v) is 7.42. The fraction of sp³-hybridized carbons (Fsp3) is 0.143. The Labute approximate surface area is 221 Å². The smallest absolute Gasteiger partial charge is 0.224 e. The van der Waals surface area contributed by atoms with Gasteiger partial charge in [-0.25, -0.2) is 0 Å². The van der Waals surface area contributed by atoms with Gasteiger partial charge in [0.05, 0.1) is 50.4 Å². The molecule has 0 aliphatic rings. The Hall–Kier alpha value is -4.70. The number of fused-ring (bicyclic) bond motifs is 2. The maximum absolute atomic E-state index is 12.0. The van der Waals surface area contributed by atoms with Crippen molar-refractivity contribution in [1.82, 2.24) is 30.1 Å². The van der Waals surface area contributed by atoms with E-state index in [-0.39, 0.29) is 11.7 Å². The molecule has 0 radical (unpaired) electrons. The molecule has 10 heteroatoms. The number of amides is 1. The minimum absolute atomic E-state index is 0.0414. The van der Waals surface area contributed by atoms with Crippen LogP contribution in [0.3, 0.4) is 0 Å². The Kier molecular flexibility index (Phi) is 6.01. The molecule has 0 aromatic carbocycles. The molecule has 188 valence electrons. The van der Waals surface area contributed by atoms with E-state index in [1.54, 1.807) is 31.7 Å². The van der Waals surface area contributed by atoms with E-state index in [0.717, 1.165) is 55.7 Å². The van der Waals surface area contributed by atoms with Crippen molar-refractivity contribution in [3.05, 3.63) is 66.1 Å². The molecule has 9 nitrogen and oxygen atoms in total. The van der Waals surface area contributed by atoms with Crippen molar-refractivity contribution in [3.8, 4) is 33.2 Å². The molecular weight excluding hydrogens is 498 g/mol. The number of hydrogen-bond donors (Lipinski definition) is 3. The third-order valence-electron chi connectivity index (χ3n) is 6.23. The highest BCUT2D eigenvalue weighted by Gasteiger charge is 2.17. The maximum atomic E-state index is 12.0. The topological polar surface area (TPSA) is 129 Å². The molecule has 0 aliphatic carbocycles. The zero-order valence-electron chi connectivity index (χ0n) is 20.7. The van der Waals surface area contributed by atoms with Crippen molar-refractivity contribution in [2.75, 3.05) is 5.32 Å². The number of aromatic nitrogens is 6. The second-order valence-electron chi connectivity index (χ2n) is 8.97. The highest BCUT2D eigenvalue weighted by Crippen LogP contribution is 2.36. The fourth-order valence-electron chi connectivity index (χ4n) is 4.41. The van der Waals surface area contributed by atoms with E-state index in [4.69, 9.17) is 0 Å². The monoisotopic (exact) mass is 521 g/mol. The van der Waals surface area contributed by atoms with Crippen molar-refractivity contribution in [2.45, 2.75) is 26.7 Å². The van der Waals surface area contributed by atoms with Gasteiger partial charge in [-0.1, -0.05) is 6.92 Å². The first-order valence-electron chi connectivity index (χ1n) is 12.2. The number of H-pyrrole nitrogens is 2. The number of Topliss-reactive ketones (excluding diaryl/α,β-unsaturated/α-hetero) is 1. The number of carbonyl (C=O) groups excluding carboxylic acids is 2. The molecule has 0 fully saturated rings. The third kappa shape index (κ3) is 4.35. The van der Waals surface area contributed by atoms with Gasteiger partial charge in [0.1, 0.15) is 5.69 Å².